The molecule has 108 valence electrons. The first-order valence-electron chi connectivity index (χ1n) is 7.06. The molecular weight excluding hydrogens is 236 g/mol. The molecule has 0 aliphatic rings. The van der Waals surface area contributed by atoms with Crippen molar-refractivity contribution in [2.45, 2.75) is 39.8 Å². The zero-order valence-electron chi connectivity index (χ0n) is 13.0. The third-order valence-corrected chi connectivity index (χ3v) is 3.03. The first kappa shape index (κ1) is 16.0. The van der Waals surface area contributed by atoms with E-state index in [1.807, 2.05) is 12.1 Å². The van der Waals surface area contributed by atoms with Crippen molar-refractivity contribution in [2.24, 2.45) is 0 Å². The average Bonchev–Trinajstić information content (AvgIpc) is 2.36. The summed E-state index contributed by atoms with van der Waals surface area (Å²) in [5.74, 6) is 0.948. The van der Waals surface area contributed by atoms with E-state index in [0.29, 0.717) is 0 Å². The molecule has 0 aliphatic heterocycles. The SMILES string of the molecule is CCN(C)CCOc1ccc(CNC(C)(C)C)cc1. The van der Waals surface area contributed by atoms with Crippen molar-refractivity contribution in [3.63, 3.8) is 0 Å². The van der Waals surface area contributed by atoms with Crippen LogP contribution in [-0.4, -0.2) is 37.2 Å². The Balaban J connectivity index is 2.35. The Bertz CT molecular complexity index is 354. The van der Waals surface area contributed by atoms with E-state index in [2.05, 4.69) is 57.1 Å². The van der Waals surface area contributed by atoms with Crippen LogP contribution in [0, 0.1) is 0 Å². The summed E-state index contributed by atoms with van der Waals surface area (Å²) in [5.41, 5.74) is 1.44. The summed E-state index contributed by atoms with van der Waals surface area (Å²) in [5, 5.41) is 3.48. The summed E-state index contributed by atoms with van der Waals surface area (Å²) >= 11 is 0. The Hall–Kier alpha value is -1.06. The van der Waals surface area contributed by atoms with Crippen LogP contribution in [0.1, 0.15) is 33.3 Å². The van der Waals surface area contributed by atoms with Crippen LogP contribution in [-0.2, 0) is 6.54 Å². The number of benzene rings is 1. The lowest BCUT2D eigenvalue weighted by atomic mass is 10.1. The topological polar surface area (TPSA) is 24.5 Å². The fourth-order valence-electron chi connectivity index (χ4n) is 1.55. The highest BCUT2D eigenvalue weighted by atomic mass is 16.5. The van der Waals surface area contributed by atoms with E-state index < -0.39 is 0 Å². The summed E-state index contributed by atoms with van der Waals surface area (Å²) < 4.78 is 5.72. The van der Waals surface area contributed by atoms with E-state index in [4.69, 9.17) is 4.74 Å². The summed E-state index contributed by atoms with van der Waals surface area (Å²) in [6.07, 6.45) is 0. The van der Waals surface area contributed by atoms with Gasteiger partial charge in [-0.1, -0.05) is 19.1 Å². The number of nitrogens with one attached hydrogen (secondary N) is 1. The normalized spacial score (nSPS) is 11.9. The molecule has 0 aliphatic carbocycles. The van der Waals surface area contributed by atoms with Gasteiger partial charge in [-0.3, -0.25) is 0 Å². The number of rotatable bonds is 7. The lowest BCUT2D eigenvalue weighted by Gasteiger charge is -2.20. The van der Waals surface area contributed by atoms with E-state index in [1.165, 1.54) is 5.56 Å². The molecule has 0 bridgehead atoms. The second-order valence-corrected chi connectivity index (χ2v) is 5.99. The predicted molar refractivity (Wildman–Crippen MR) is 81.7 cm³/mol. The first-order chi connectivity index (χ1) is 8.90. The highest BCUT2D eigenvalue weighted by Gasteiger charge is 2.08. The zero-order chi connectivity index (χ0) is 14.3. The van der Waals surface area contributed by atoms with Gasteiger partial charge in [-0.2, -0.15) is 0 Å². The van der Waals surface area contributed by atoms with Gasteiger partial charge >= 0.3 is 0 Å². The fourth-order valence-corrected chi connectivity index (χ4v) is 1.55. The number of hydrogen-bond acceptors (Lipinski definition) is 3. The number of ether oxygens (including phenoxy) is 1. The van der Waals surface area contributed by atoms with Crippen LogP contribution in [0.3, 0.4) is 0 Å². The summed E-state index contributed by atoms with van der Waals surface area (Å²) in [6.45, 7) is 12.3. The fraction of sp³-hybridized carbons (Fsp3) is 0.625. The van der Waals surface area contributed by atoms with Crippen LogP contribution in [0.25, 0.3) is 0 Å². The van der Waals surface area contributed by atoms with Crippen molar-refractivity contribution >= 4 is 0 Å². The van der Waals surface area contributed by atoms with Crippen LogP contribution >= 0.6 is 0 Å². The Labute approximate surface area is 118 Å². The molecule has 0 heterocycles. The van der Waals surface area contributed by atoms with E-state index in [9.17, 15) is 0 Å². The molecular formula is C16H28N2O. The van der Waals surface area contributed by atoms with Gasteiger partial charge in [0.25, 0.3) is 0 Å². The maximum absolute atomic E-state index is 5.72. The predicted octanol–water partition coefficient (Wildman–Crippen LogP) is 2.91. The monoisotopic (exact) mass is 264 g/mol. The van der Waals surface area contributed by atoms with Crippen LogP contribution in [0.2, 0.25) is 0 Å². The maximum atomic E-state index is 5.72. The molecule has 0 unspecified atom stereocenters. The largest absolute Gasteiger partial charge is 0.492 e. The third kappa shape index (κ3) is 7.19. The molecule has 0 spiro atoms. The minimum atomic E-state index is 0.153. The van der Waals surface area contributed by atoms with Gasteiger partial charge in [0, 0.05) is 18.6 Å². The molecule has 0 fully saturated rings. The second kappa shape index (κ2) is 7.51. The molecule has 0 radical (unpaired) electrons. The first-order valence-corrected chi connectivity index (χ1v) is 7.06. The van der Waals surface area contributed by atoms with Gasteiger partial charge in [-0.15, -0.1) is 0 Å². The minimum absolute atomic E-state index is 0.153. The van der Waals surface area contributed by atoms with Gasteiger partial charge in [0.05, 0.1) is 0 Å². The lowest BCUT2D eigenvalue weighted by molar-refractivity contribution is 0.244. The third-order valence-electron chi connectivity index (χ3n) is 3.03. The minimum Gasteiger partial charge on any atom is -0.492 e. The average molecular weight is 264 g/mol. The van der Waals surface area contributed by atoms with E-state index >= 15 is 0 Å². The number of nitrogens with zero attached hydrogens (tertiary/aromatic N) is 1. The lowest BCUT2D eigenvalue weighted by Crippen LogP contribution is -2.35. The Kier molecular flexibility index (Phi) is 6.32. The summed E-state index contributed by atoms with van der Waals surface area (Å²) in [6, 6.07) is 8.34. The zero-order valence-corrected chi connectivity index (χ0v) is 13.0. The Morgan fingerprint density at radius 3 is 2.32 bits per heavy atom. The van der Waals surface area contributed by atoms with Crippen molar-refractivity contribution in [2.75, 3.05) is 26.7 Å². The smallest absolute Gasteiger partial charge is 0.119 e. The second-order valence-electron chi connectivity index (χ2n) is 5.99. The van der Waals surface area contributed by atoms with E-state index in [0.717, 1.165) is 32.0 Å². The van der Waals surface area contributed by atoms with Gasteiger partial charge in [0.1, 0.15) is 12.4 Å². The van der Waals surface area contributed by atoms with Crippen molar-refractivity contribution < 1.29 is 4.74 Å². The van der Waals surface area contributed by atoms with Gasteiger partial charge < -0.3 is 15.0 Å². The molecule has 1 rings (SSSR count). The number of hydrogen-bond donors (Lipinski definition) is 1. The van der Waals surface area contributed by atoms with Crippen LogP contribution in [0.15, 0.2) is 24.3 Å². The van der Waals surface area contributed by atoms with Crippen LogP contribution in [0.5, 0.6) is 5.75 Å². The van der Waals surface area contributed by atoms with Gasteiger partial charge in [-0.05, 0) is 52.1 Å². The standard InChI is InChI=1S/C16H28N2O/c1-6-18(5)11-12-19-15-9-7-14(8-10-15)13-17-16(2,3)4/h7-10,17H,6,11-13H2,1-5H3. The van der Waals surface area contributed by atoms with E-state index in [1.54, 1.807) is 0 Å². The van der Waals surface area contributed by atoms with Gasteiger partial charge in [0.2, 0.25) is 0 Å². The molecule has 3 heteroatoms. The summed E-state index contributed by atoms with van der Waals surface area (Å²) in [7, 11) is 2.10. The molecule has 0 saturated carbocycles. The van der Waals surface area contributed by atoms with E-state index in [-0.39, 0.29) is 5.54 Å². The molecule has 0 aromatic heterocycles. The van der Waals surface area contributed by atoms with Crippen molar-refractivity contribution in [3.05, 3.63) is 29.8 Å². The molecule has 3 nitrogen and oxygen atoms in total. The Morgan fingerprint density at radius 1 is 1.16 bits per heavy atom. The molecule has 0 saturated heterocycles. The molecule has 19 heavy (non-hydrogen) atoms. The molecule has 0 amide bonds. The molecule has 1 aromatic carbocycles. The highest BCUT2D eigenvalue weighted by molar-refractivity contribution is 5.27. The van der Waals surface area contributed by atoms with Crippen LogP contribution in [0.4, 0.5) is 0 Å². The maximum Gasteiger partial charge on any atom is 0.119 e. The Morgan fingerprint density at radius 2 is 1.79 bits per heavy atom. The summed E-state index contributed by atoms with van der Waals surface area (Å²) in [4.78, 5) is 2.24. The molecule has 0 atom stereocenters. The van der Waals surface area contributed by atoms with Crippen molar-refractivity contribution in [3.8, 4) is 5.75 Å². The number of likely N-dealkylation sites (N-methyl/N-ethyl adjacent to an activating group) is 1. The molecule has 1 aromatic rings. The quantitative estimate of drug-likeness (QED) is 0.819. The molecule has 1 N–H and O–H groups in total. The van der Waals surface area contributed by atoms with Crippen LogP contribution < -0.4 is 10.1 Å². The van der Waals surface area contributed by atoms with Crippen molar-refractivity contribution in [1.29, 1.82) is 0 Å². The van der Waals surface area contributed by atoms with Gasteiger partial charge in [0.15, 0.2) is 0 Å². The highest BCUT2D eigenvalue weighted by Crippen LogP contribution is 2.13. The van der Waals surface area contributed by atoms with Gasteiger partial charge in [-0.25, -0.2) is 0 Å². The van der Waals surface area contributed by atoms with Crippen molar-refractivity contribution in [1.82, 2.24) is 10.2 Å².